The Kier molecular flexibility index (Phi) is 4.52. The second kappa shape index (κ2) is 6.76. The highest BCUT2D eigenvalue weighted by Gasteiger charge is 2.14. The van der Waals surface area contributed by atoms with E-state index >= 15 is 0 Å². The van der Waals surface area contributed by atoms with Crippen LogP contribution in [0.2, 0.25) is 0 Å². The number of nitrogens with zero attached hydrogens (tertiary/aromatic N) is 2. The number of hydrogen-bond donors (Lipinski definition) is 1. The van der Waals surface area contributed by atoms with Gasteiger partial charge in [-0.3, -0.25) is 18.7 Å². The van der Waals surface area contributed by atoms with Crippen LogP contribution in [0.4, 0.5) is 5.69 Å². The maximum Gasteiger partial charge on any atom is 0.331 e. The minimum Gasteiger partial charge on any atom is -0.325 e. The third-order valence-electron chi connectivity index (χ3n) is 4.09. The maximum atomic E-state index is 12.6. The van der Waals surface area contributed by atoms with Gasteiger partial charge < -0.3 is 5.32 Å². The summed E-state index contributed by atoms with van der Waals surface area (Å²) in [4.78, 5) is 37.4. The van der Waals surface area contributed by atoms with Crippen LogP contribution in [0.1, 0.15) is 12.5 Å². The van der Waals surface area contributed by atoms with E-state index in [1.165, 1.54) is 4.57 Å². The Morgan fingerprint density at radius 2 is 1.68 bits per heavy atom. The van der Waals surface area contributed by atoms with Gasteiger partial charge in [0.1, 0.15) is 6.54 Å². The van der Waals surface area contributed by atoms with Crippen LogP contribution < -0.4 is 16.6 Å². The van der Waals surface area contributed by atoms with Crippen molar-refractivity contribution in [3.63, 3.8) is 0 Å². The van der Waals surface area contributed by atoms with Gasteiger partial charge in [0.25, 0.3) is 5.56 Å². The van der Waals surface area contributed by atoms with E-state index in [1.807, 2.05) is 19.1 Å². The molecule has 1 N–H and O–H groups in total. The maximum absolute atomic E-state index is 12.6. The normalized spacial score (nSPS) is 10.8. The summed E-state index contributed by atoms with van der Waals surface area (Å²) in [5.41, 5.74) is 1.40. The van der Waals surface area contributed by atoms with Crippen molar-refractivity contribution in [2.45, 2.75) is 26.9 Å². The molecule has 0 atom stereocenters. The average Bonchev–Trinajstić information content (AvgIpc) is 2.61. The summed E-state index contributed by atoms with van der Waals surface area (Å²) in [7, 11) is 0. The van der Waals surface area contributed by atoms with E-state index in [-0.39, 0.29) is 24.6 Å². The minimum absolute atomic E-state index is 0.159. The predicted molar refractivity (Wildman–Crippen MR) is 98.0 cm³/mol. The quantitative estimate of drug-likeness (QED) is 0.793. The molecule has 0 unspecified atom stereocenters. The summed E-state index contributed by atoms with van der Waals surface area (Å²) in [6.45, 7) is 3.79. The number of aryl methyl sites for hydroxylation is 1. The van der Waals surface area contributed by atoms with E-state index in [1.54, 1.807) is 43.3 Å². The van der Waals surface area contributed by atoms with E-state index in [0.717, 1.165) is 10.1 Å². The summed E-state index contributed by atoms with van der Waals surface area (Å²) < 4.78 is 2.48. The molecule has 6 nitrogen and oxygen atoms in total. The van der Waals surface area contributed by atoms with Gasteiger partial charge in [0.2, 0.25) is 5.91 Å². The van der Waals surface area contributed by atoms with Crippen molar-refractivity contribution in [2.24, 2.45) is 0 Å². The first-order chi connectivity index (χ1) is 12.0. The monoisotopic (exact) mass is 337 g/mol. The van der Waals surface area contributed by atoms with E-state index in [4.69, 9.17) is 0 Å². The number of amides is 1. The fourth-order valence-corrected chi connectivity index (χ4v) is 2.78. The lowest BCUT2D eigenvalue weighted by Gasteiger charge is -2.13. The molecule has 0 fully saturated rings. The van der Waals surface area contributed by atoms with Crippen LogP contribution in [0.5, 0.6) is 0 Å². The topological polar surface area (TPSA) is 73.1 Å². The lowest BCUT2D eigenvalue weighted by Crippen LogP contribution is -2.41. The molecule has 0 saturated heterocycles. The SMILES string of the molecule is CCn1c(=O)c2ccccc2n(CC(=O)Nc2ccc(C)cc2)c1=O. The van der Waals surface area contributed by atoms with Gasteiger partial charge in [-0.15, -0.1) is 0 Å². The van der Waals surface area contributed by atoms with E-state index < -0.39 is 5.69 Å². The Bertz CT molecular complexity index is 1050. The first kappa shape index (κ1) is 16.7. The van der Waals surface area contributed by atoms with Crippen LogP contribution in [-0.2, 0) is 17.9 Å². The molecule has 0 bridgehead atoms. The molecule has 3 aromatic rings. The standard InChI is InChI=1S/C19H19N3O3/c1-3-21-18(24)15-6-4-5-7-16(15)22(19(21)25)12-17(23)20-14-10-8-13(2)9-11-14/h4-11H,3,12H2,1-2H3,(H,20,23). The van der Waals surface area contributed by atoms with Crippen molar-refractivity contribution in [2.75, 3.05) is 5.32 Å². The molecule has 2 aromatic carbocycles. The van der Waals surface area contributed by atoms with Crippen molar-refractivity contribution in [3.8, 4) is 0 Å². The molecule has 3 rings (SSSR count). The predicted octanol–water partition coefficient (Wildman–Crippen LogP) is 2.13. The number of benzene rings is 2. The van der Waals surface area contributed by atoms with Gasteiger partial charge in [-0.2, -0.15) is 0 Å². The Labute approximate surface area is 144 Å². The average molecular weight is 337 g/mol. The Morgan fingerprint density at radius 1 is 1.00 bits per heavy atom. The molecule has 25 heavy (non-hydrogen) atoms. The fraction of sp³-hybridized carbons (Fsp3) is 0.211. The second-order valence-electron chi connectivity index (χ2n) is 5.85. The number of carbonyl (C=O) groups is 1. The lowest BCUT2D eigenvalue weighted by molar-refractivity contribution is -0.116. The summed E-state index contributed by atoms with van der Waals surface area (Å²) in [5, 5.41) is 3.20. The van der Waals surface area contributed by atoms with E-state index in [9.17, 15) is 14.4 Å². The molecule has 0 spiro atoms. The number of aromatic nitrogens is 2. The highest BCUT2D eigenvalue weighted by Crippen LogP contribution is 2.10. The highest BCUT2D eigenvalue weighted by atomic mass is 16.2. The number of para-hydroxylation sites is 1. The van der Waals surface area contributed by atoms with Crippen LogP contribution >= 0.6 is 0 Å². The molecule has 0 aliphatic rings. The van der Waals surface area contributed by atoms with Crippen LogP contribution in [0.25, 0.3) is 10.9 Å². The molecular formula is C19H19N3O3. The largest absolute Gasteiger partial charge is 0.331 e. The number of hydrogen-bond acceptors (Lipinski definition) is 3. The number of anilines is 1. The minimum atomic E-state index is -0.481. The summed E-state index contributed by atoms with van der Waals surface area (Å²) >= 11 is 0. The van der Waals surface area contributed by atoms with Crippen molar-refractivity contribution in [1.82, 2.24) is 9.13 Å². The van der Waals surface area contributed by atoms with Gasteiger partial charge in [0, 0.05) is 12.2 Å². The Hall–Kier alpha value is -3.15. The van der Waals surface area contributed by atoms with Gasteiger partial charge in [-0.25, -0.2) is 4.79 Å². The molecular weight excluding hydrogens is 318 g/mol. The van der Waals surface area contributed by atoms with Crippen molar-refractivity contribution < 1.29 is 4.79 Å². The van der Waals surface area contributed by atoms with Gasteiger partial charge >= 0.3 is 5.69 Å². The zero-order chi connectivity index (χ0) is 18.0. The molecule has 0 radical (unpaired) electrons. The van der Waals surface area contributed by atoms with E-state index in [2.05, 4.69) is 5.32 Å². The highest BCUT2D eigenvalue weighted by molar-refractivity contribution is 5.91. The van der Waals surface area contributed by atoms with Crippen molar-refractivity contribution >= 4 is 22.5 Å². The Balaban J connectivity index is 2.00. The zero-order valence-corrected chi connectivity index (χ0v) is 14.2. The second-order valence-corrected chi connectivity index (χ2v) is 5.85. The first-order valence-electron chi connectivity index (χ1n) is 8.10. The molecule has 1 heterocycles. The van der Waals surface area contributed by atoms with Crippen LogP contribution in [-0.4, -0.2) is 15.0 Å². The third-order valence-corrected chi connectivity index (χ3v) is 4.09. The molecule has 128 valence electrons. The number of carbonyl (C=O) groups excluding carboxylic acids is 1. The van der Waals surface area contributed by atoms with Gasteiger partial charge in [0.05, 0.1) is 10.9 Å². The summed E-state index contributed by atoms with van der Waals surface area (Å²) in [5.74, 6) is -0.322. The van der Waals surface area contributed by atoms with Crippen molar-refractivity contribution in [3.05, 3.63) is 74.9 Å². The first-order valence-corrected chi connectivity index (χ1v) is 8.10. The third kappa shape index (κ3) is 3.24. The van der Waals surface area contributed by atoms with Crippen LogP contribution in [0.15, 0.2) is 58.1 Å². The molecule has 0 aliphatic heterocycles. The number of nitrogens with one attached hydrogen (secondary N) is 1. The van der Waals surface area contributed by atoms with Crippen LogP contribution in [0, 0.1) is 6.92 Å². The Morgan fingerprint density at radius 3 is 2.36 bits per heavy atom. The zero-order valence-electron chi connectivity index (χ0n) is 14.2. The van der Waals surface area contributed by atoms with Crippen LogP contribution in [0.3, 0.4) is 0 Å². The molecule has 6 heteroatoms. The number of rotatable bonds is 4. The number of fused-ring (bicyclic) bond motifs is 1. The van der Waals surface area contributed by atoms with Crippen molar-refractivity contribution in [1.29, 1.82) is 0 Å². The smallest absolute Gasteiger partial charge is 0.325 e. The van der Waals surface area contributed by atoms with Gasteiger partial charge in [0.15, 0.2) is 0 Å². The molecule has 0 aliphatic carbocycles. The molecule has 0 saturated carbocycles. The fourth-order valence-electron chi connectivity index (χ4n) is 2.78. The van der Waals surface area contributed by atoms with E-state index in [0.29, 0.717) is 16.6 Å². The van der Waals surface area contributed by atoms with Gasteiger partial charge in [-0.05, 0) is 38.1 Å². The molecule has 1 aromatic heterocycles. The lowest BCUT2D eigenvalue weighted by atomic mass is 10.2. The summed E-state index contributed by atoms with van der Waals surface area (Å²) in [6, 6.07) is 14.2. The van der Waals surface area contributed by atoms with Gasteiger partial charge in [-0.1, -0.05) is 29.8 Å². The molecule has 1 amide bonds. The summed E-state index contributed by atoms with van der Waals surface area (Å²) in [6.07, 6.45) is 0.